The Bertz CT molecular complexity index is 574. The van der Waals surface area contributed by atoms with E-state index in [2.05, 4.69) is 15.4 Å². The third-order valence-electron chi connectivity index (χ3n) is 2.43. The van der Waals surface area contributed by atoms with Crippen molar-refractivity contribution in [1.82, 2.24) is 9.97 Å². The normalized spacial score (nSPS) is 10.2. The van der Waals surface area contributed by atoms with E-state index in [-0.39, 0.29) is 5.75 Å². The van der Waals surface area contributed by atoms with Gasteiger partial charge in [0.1, 0.15) is 0 Å². The highest BCUT2D eigenvalue weighted by molar-refractivity contribution is 5.62. The highest BCUT2D eigenvalue weighted by Gasteiger charge is 2.08. The van der Waals surface area contributed by atoms with Crippen LogP contribution in [0.4, 0.5) is 10.3 Å². The topological polar surface area (TPSA) is 73.1 Å². The smallest absolute Gasteiger partial charge is 0.237 e. The summed E-state index contributed by atoms with van der Waals surface area (Å²) in [6, 6.07) is 6.39. The summed E-state index contributed by atoms with van der Waals surface area (Å²) in [6.45, 7) is 1.81. The molecule has 1 heterocycles. The Morgan fingerprint density at radius 2 is 2.06 bits per heavy atom. The maximum Gasteiger partial charge on any atom is 0.237 e. The summed E-state index contributed by atoms with van der Waals surface area (Å²) >= 11 is 0. The molecular formula is C12H13FN4O. The molecule has 3 N–H and O–H groups in total. The van der Waals surface area contributed by atoms with Gasteiger partial charge in [-0.3, -0.25) is 5.43 Å². The monoisotopic (exact) mass is 248 g/mol. The van der Waals surface area contributed by atoms with Gasteiger partial charge in [0.05, 0.1) is 12.8 Å². The van der Waals surface area contributed by atoms with Gasteiger partial charge >= 0.3 is 0 Å². The number of hydrogen-bond acceptors (Lipinski definition) is 5. The summed E-state index contributed by atoms with van der Waals surface area (Å²) in [6.07, 6.45) is 0. The number of anilines is 1. The molecule has 0 saturated heterocycles. The lowest BCUT2D eigenvalue weighted by Crippen LogP contribution is -2.11. The van der Waals surface area contributed by atoms with Crippen LogP contribution >= 0.6 is 0 Å². The molecule has 94 valence electrons. The maximum atomic E-state index is 13.6. The fourth-order valence-corrected chi connectivity index (χ4v) is 1.61. The lowest BCUT2D eigenvalue weighted by molar-refractivity contribution is 0.386. The van der Waals surface area contributed by atoms with Crippen molar-refractivity contribution in [2.75, 3.05) is 12.5 Å². The van der Waals surface area contributed by atoms with Crippen molar-refractivity contribution in [1.29, 1.82) is 0 Å². The van der Waals surface area contributed by atoms with Gasteiger partial charge in [0.25, 0.3) is 0 Å². The first-order valence-electron chi connectivity index (χ1n) is 5.30. The molecule has 2 aromatic rings. The number of ether oxygens (including phenoxy) is 1. The SMILES string of the molecule is COc1ccc(-c2cc(C)nc(NN)n2)cc1F. The molecule has 6 heteroatoms. The molecule has 1 aromatic carbocycles. The number of aryl methyl sites for hydroxylation is 1. The number of nitrogen functional groups attached to an aromatic ring is 1. The van der Waals surface area contributed by atoms with E-state index in [1.54, 1.807) is 18.2 Å². The number of methoxy groups -OCH3 is 1. The fourth-order valence-electron chi connectivity index (χ4n) is 1.61. The predicted octanol–water partition coefficient (Wildman–Crippen LogP) is 1.89. The largest absolute Gasteiger partial charge is 0.494 e. The molecule has 0 aliphatic carbocycles. The number of aromatic nitrogens is 2. The van der Waals surface area contributed by atoms with Crippen molar-refractivity contribution in [3.05, 3.63) is 35.8 Å². The summed E-state index contributed by atoms with van der Waals surface area (Å²) in [5, 5.41) is 0. The van der Waals surface area contributed by atoms with Crippen LogP contribution in [-0.4, -0.2) is 17.1 Å². The average molecular weight is 248 g/mol. The molecule has 0 saturated carbocycles. The second-order valence-corrected chi connectivity index (χ2v) is 3.71. The molecule has 1 aromatic heterocycles. The van der Waals surface area contributed by atoms with E-state index in [1.165, 1.54) is 13.2 Å². The van der Waals surface area contributed by atoms with Crippen LogP contribution in [0.3, 0.4) is 0 Å². The molecule has 0 amide bonds. The molecule has 0 aliphatic heterocycles. The zero-order chi connectivity index (χ0) is 13.1. The molecule has 0 aliphatic rings. The van der Waals surface area contributed by atoms with Gasteiger partial charge in [-0.2, -0.15) is 0 Å². The fraction of sp³-hybridized carbons (Fsp3) is 0.167. The Kier molecular flexibility index (Phi) is 3.38. The Labute approximate surface area is 104 Å². The Morgan fingerprint density at radius 1 is 1.28 bits per heavy atom. The molecular weight excluding hydrogens is 235 g/mol. The Morgan fingerprint density at radius 3 is 2.67 bits per heavy atom. The van der Waals surface area contributed by atoms with Crippen LogP contribution in [0.15, 0.2) is 24.3 Å². The Hall–Kier alpha value is -2.21. The number of hydrogen-bond donors (Lipinski definition) is 2. The van der Waals surface area contributed by atoms with E-state index < -0.39 is 5.82 Å². The maximum absolute atomic E-state index is 13.6. The van der Waals surface area contributed by atoms with Crippen LogP contribution in [0.25, 0.3) is 11.3 Å². The minimum Gasteiger partial charge on any atom is -0.494 e. The van der Waals surface area contributed by atoms with Crippen LogP contribution in [-0.2, 0) is 0 Å². The summed E-state index contributed by atoms with van der Waals surface area (Å²) in [7, 11) is 1.42. The van der Waals surface area contributed by atoms with Gasteiger partial charge in [-0.1, -0.05) is 0 Å². The molecule has 5 nitrogen and oxygen atoms in total. The van der Waals surface area contributed by atoms with Gasteiger partial charge in [0.15, 0.2) is 11.6 Å². The van der Waals surface area contributed by atoms with Gasteiger partial charge in [0, 0.05) is 11.3 Å². The van der Waals surface area contributed by atoms with Crippen LogP contribution in [0.5, 0.6) is 5.75 Å². The van der Waals surface area contributed by atoms with Crippen molar-refractivity contribution >= 4 is 5.95 Å². The molecule has 2 rings (SSSR count). The van der Waals surface area contributed by atoms with Crippen LogP contribution in [0.1, 0.15) is 5.69 Å². The van der Waals surface area contributed by atoms with Crippen molar-refractivity contribution in [3.63, 3.8) is 0 Å². The van der Waals surface area contributed by atoms with Crippen molar-refractivity contribution < 1.29 is 9.13 Å². The first-order chi connectivity index (χ1) is 8.63. The number of halogens is 1. The average Bonchev–Trinajstić information content (AvgIpc) is 2.37. The lowest BCUT2D eigenvalue weighted by atomic mass is 10.1. The predicted molar refractivity (Wildman–Crippen MR) is 66.5 cm³/mol. The number of nitrogens with zero attached hydrogens (tertiary/aromatic N) is 2. The van der Waals surface area contributed by atoms with Crippen molar-refractivity contribution in [3.8, 4) is 17.0 Å². The summed E-state index contributed by atoms with van der Waals surface area (Å²) < 4.78 is 18.5. The van der Waals surface area contributed by atoms with Gasteiger partial charge in [0.2, 0.25) is 5.95 Å². The second kappa shape index (κ2) is 4.97. The summed E-state index contributed by atoms with van der Waals surface area (Å²) in [5.41, 5.74) is 4.34. The van der Waals surface area contributed by atoms with Crippen LogP contribution in [0, 0.1) is 12.7 Å². The number of rotatable bonds is 3. The highest BCUT2D eigenvalue weighted by atomic mass is 19.1. The molecule has 0 radical (unpaired) electrons. The van der Waals surface area contributed by atoms with E-state index in [1.807, 2.05) is 6.92 Å². The van der Waals surface area contributed by atoms with Gasteiger partial charge in [-0.15, -0.1) is 0 Å². The molecule has 0 fully saturated rings. The number of nitrogens with one attached hydrogen (secondary N) is 1. The van der Waals surface area contributed by atoms with E-state index in [9.17, 15) is 4.39 Å². The minimum absolute atomic E-state index is 0.196. The summed E-state index contributed by atoms with van der Waals surface area (Å²) in [4.78, 5) is 8.23. The number of nitrogens with two attached hydrogens (primary N) is 1. The van der Waals surface area contributed by atoms with Crippen molar-refractivity contribution in [2.24, 2.45) is 5.84 Å². The molecule has 0 spiro atoms. The van der Waals surface area contributed by atoms with Crippen molar-refractivity contribution in [2.45, 2.75) is 6.92 Å². The zero-order valence-electron chi connectivity index (χ0n) is 10.1. The third kappa shape index (κ3) is 2.38. The quantitative estimate of drug-likeness (QED) is 0.641. The number of benzene rings is 1. The zero-order valence-corrected chi connectivity index (χ0v) is 10.1. The van der Waals surface area contributed by atoms with Crippen LogP contribution < -0.4 is 16.0 Å². The number of hydrazine groups is 1. The minimum atomic E-state index is -0.437. The van der Waals surface area contributed by atoms with E-state index in [0.717, 1.165) is 5.69 Å². The molecule has 0 unspecified atom stereocenters. The first kappa shape index (κ1) is 12.3. The summed E-state index contributed by atoms with van der Waals surface area (Å²) in [5.74, 6) is 5.32. The van der Waals surface area contributed by atoms with E-state index in [4.69, 9.17) is 10.6 Å². The molecule has 18 heavy (non-hydrogen) atoms. The van der Waals surface area contributed by atoms with Crippen LogP contribution in [0.2, 0.25) is 0 Å². The standard InChI is InChI=1S/C12H13FN4O/c1-7-5-10(16-12(15-7)17-14)8-3-4-11(18-2)9(13)6-8/h3-6H,14H2,1-2H3,(H,15,16,17). The third-order valence-corrected chi connectivity index (χ3v) is 2.43. The van der Waals surface area contributed by atoms with Gasteiger partial charge in [-0.05, 0) is 31.2 Å². The molecule has 0 bridgehead atoms. The van der Waals surface area contributed by atoms with Gasteiger partial charge < -0.3 is 4.74 Å². The second-order valence-electron chi connectivity index (χ2n) is 3.71. The van der Waals surface area contributed by atoms with E-state index >= 15 is 0 Å². The highest BCUT2D eigenvalue weighted by Crippen LogP contribution is 2.25. The van der Waals surface area contributed by atoms with Gasteiger partial charge in [-0.25, -0.2) is 20.2 Å². The molecule has 0 atom stereocenters. The first-order valence-corrected chi connectivity index (χ1v) is 5.30. The van der Waals surface area contributed by atoms with E-state index in [0.29, 0.717) is 17.2 Å². The Balaban J connectivity index is 2.48. The lowest BCUT2D eigenvalue weighted by Gasteiger charge is -2.07.